The Morgan fingerprint density at radius 2 is 2.00 bits per heavy atom. The molecule has 0 aliphatic heterocycles. The Bertz CT molecular complexity index is 628. The van der Waals surface area contributed by atoms with E-state index in [0.29, 0.717) is 6.54 Å². The van der Waals surface area contributed by atoms with E-state index >= 15 is 0 Å². The number of benzene rings is 1. The molecule has 19 heavy (non-hydrogen) atoms. The maximum atomic E-state index is 5.97. The Labute approximate surface area is 116 Å². The van der Waals surface area contributed by atoms with Crippen LogP contribution in [0.5, 0.6) is 0 Å². The highest BCUT2D eigenvalue weighted by atomic mass is 32.1. The Hall–Kier alpha value is -1.91. The van der Waals surface area contributed by atoms with Crippen molar-refractivity contribution in [2.24, 2.45) is 5.73 Å². The molecule has 0 bridgehead atoms. The molecule has 1 atom stereocenters. The second kappa shape index (κ2) is 5.38. The first-order valence-corrected chi connectivity index (χ1v) is 7.10. The summed E-state index contributed by atoms with van der Waals surface area (Å²) in [6, 6.07) is 14.6. The number of hydrogen-bond donors (Lipinski definition) is 1. The molecule has 2 aromatic heterocycles. The molecule has 3 rings (SSSR count). The highest BCUT2D eigenvalue weighted by Crippen LogP contribution is 2.27. The number of hydrogen-bond acceptors (Lipinski definition) is 3. The van der Waals surface area contributed by atoms with Gasteiger partial charge in [0.05, 0.1) is 10.9 Å². The van der Waals surface area contributed by atoms with Crippen LogP contribution in [0.25, 0.3) is 10.7 Å². The highest BCUT2D eigenvalue weighted by molar-refractivity contribution is 7.13. The summed E-state index contributed by atoms with van der Waals surface area (Å²) in [5.41, 5.74) is 7.18. The van der Waals surface area contributed by atoms with Gasteiger partial charge in [0.2, 0.25) is 0 Å². The van der Waals surface area contributed by atoms with Crippen molar-refractivity contribution in [3.63, 3.8) is 0 Å². The van der Waals surface area contributed by atoms with Gasteiger partial charge in [0.25, 0.3) is 0 Å². The zero-order valence-corrected chi connectivity index (χ0v) is 11.3. The predicted molar refractivity (Wildman–Crippen MR) is 79.2 cm³/mol. The lowest BCUT2D eigenvalue weighted by Crippen LogP contribution is -2.20. The number of nitrogens with two attached hydrogens (primary N) is 1. The molecule has 0 saturated heterocycles. The van der Waals surface area contributed by atoms with Crippen molar-refractivity contribution in [1.29, 1.82) is 0 Å². The SMILES string of the molecule is NCC(c1ccccc1)n1ccnc1-c1cccs1. The van der Waals surface area contributed by atoms with Gasteiger partial charge in [0.1, 0.15) is 0 Å². The Balaban J connectivity index is 2.04. The number of imidazole rings is 1. The summed E-state index contributed by atoms with van der Waals surface area (Å²) in [4.78, 5) is 5.64. The van der Waals surface area contributed by atoms with Gasteiger partial charge in [-0.25, -0.2) is 4.98 Å². The lowest BCUT2D eigenvalue weighted by atomic mass is 10.1. The van der Waals surface area contributed by atoms with Crippen molar-refractivity contribution < 1.29 is 0 Å². The summed E-state index contributed by atoms with van der Waals surface area (Å²) in [5.74, 6) is 0.981. The van der Waals surface area contributed by atoms with Crippen LogP contribution in [-0.2, 0) is 0 Å². The van der Waals surface area contributed by atoms with Crippen molar-refractivity contribution in [3.8, 4) is 10.7 Å². The minimum atomic E-state index is 0.126. The summed E-state index contributed by atoms with van der Waals surface area (Å²) in [6.45, 7) is 0.554. The van der Waals surface area contributed by atoms with Crippen LogP contribution in [0.3, 0.4) is 0 Å². The van der Waals surface area contributed by atoms with Crippen LogP contribution in [0.2, 0.25) is 0 Å². The highest BCUT2D eigenvalue weighted by Gasteiger charge is 2.16. The largest absolute Gasteiger partial charge is 0.328 e. The molecule has 0 saturated carbocycles. The van der Waals surface area contributed by atoms with E-state index in [4.69, 9.17) is 5.73 Å². The molecule has 1 aromatic carbocycles. The molecule has 0 radical (unpaired) electrons. The van der Waals surface area contributed by atoms with E-state index in [9.17, 15) is 0 Å². The smallest absolute Gasteiger partial charge is 0.150 e. The number of aromatic nitrogens is 2. The molecule has 3 aromatic rings. The lowest BCUT2D eigenvalue weighted by Gasteiger charge is -2.19. The first kappa shape index (κ1) is 12.1. The third kappa shape index (κ3) is 2.32. The van der Waals surface area contributed by atoms with E-state index in [0.717, 1.165) is 5.82 Å². The second-order valence-corrected chi connectivity index (χ2v) is 5.25. The molecule has 2 heterocycles. The topological polar surface area (TPSA) is 43.8 Å². The first-order chi connectivity index (χ1) is 9.40. The van der Waals surface area contributed by atoms with Gasteiger partial charge in [-0.3, -0.25) is 0 Å². The van der Waals surface area contributed by atoms with Crippen LogP contribution in [0.15, 0.2) is 60.2 Å². The van der Waals surface area contributed by atoms with Gasteiger partial charge >= 0.3 is 0 Å². The quantitative estimate of drug-likeness (QED) is 0.790. The zero-order chi connectivity index (χ0) is 13.1. The Kier molecular flexibility index (Phi) is 3.44. The average molecular weight is 269 g/mol. The average Bonchev–Trinajstić information content (AvgIpc) is 3.11. The second-order valence-electron chi connectivity index (χ2n) is 4.30. The van der Waals surface area contributed by atoms with Crippen LogP contribution < -0.4 is 5.73 Å². The van der Waals surface area contributed by atoms with Crippen molar-refractivity contribution in [1.82, 2.24) is 9.55 Å². The standard InChI is InChI=1S/C15H15N3S/c16-11-13(12-5-2-1-3-6-12)18-9-8-17-15(18)14-7-4-10-19-14/h1-10,13H,11,16H2. The molecule has 0 aliphatic carbocycles. The van der Waals surface area contributed by atoms with Crippen LogP contribution in [0, 0.1) is 0 Å². The molecule has 0 aliphatic rings. The van der Waals surface area contributed by atoms with E-state index in [1.165, 1.54) is 10.4 Å². The summed E-state index contributed by atoms with van der Waals surface area (Å²) < 4.78 is 2.15. The van der Waals surface area contributed by atoms with Gasteiger partial charge in [0.15, 0.2) is 5.82 Å². The Morgan fingerprint density at radius 3 is 2.68 bits per heavy atom. The maximum Gasteiger partial charge on any atom is 0.150 e. The number of nitrogens with zero attached hydrogens (tertiary/aromatic N) is 2. The van der Waals surface area contributed by atoms with Crippen LogP contribution in [0.4, 0.5) is 0 Å². The molecular weight excluding hydrogens is 254 g/mol. The van der Waals surface area contributed by atoms with Gasteiger partial charge < -0.3 is 10.3 Å². The first-order valence-electron chi connectivity index (χ1n) is 6.22. The third-order valence-electron chi connectivity index (χ3n) is 3.15. The summed E-state index contributed by atoms with van der Waals surface area (Å²) in [6.07, 6.45) is 3.83. The fourth-order valence-electron chi connectivity index (χ4n) is 2.25. The summed E-state index contributed by atoms with van der Waals surface area (Å²) >= 11 is 1.69. The number of rotatable bonds is 4. The molecule has 2 N–H and O–H groups in total. The van der Waals surface area contributed by atoms with Gasteiger partial charge in [-0.15, -0.1) is 11.3 Å². The molecule has 0 amide bonds. The van der Waals surface area contributed by atoms with Gasteiger partial charge in [-0.05, 0) is 17.0 Å². The van der Waals surface area contributed by atoms with Crippen molar-refractivity contribution in [2.45, 2.75) is 6.04 Å². The van der Waals surface area contributed by atoms with Gasteiger partial charge in [-0.1, -0.05) is 36.4 Å². The minimum Gasteiger partial charge on any atom is -0.328 e. The Morgan fingerprint density at radius 1 is 1.16 bits per heavy atom. The van der Waals surface area contributed by atoms with Crippen molar-refractivity contribution >= 4 is 11.3 Å². The van der Waals surface area contributed by atoms with E-state index in [1.54, 1.807) is 11.3 Å². The fraction of sp³-hybridized carbons (Fsp3) is 0.133. The van der Waals surface area contributed by atoms with Crippen molar-refractivity contribution in [2.75, 3.05) is 6.54 Å². The monoisotopic (exact) mass is 269 g/mol. The molecule has 0 spiro atoms. The van der Waals surface area contributed by atoms with E-state index < -0.39 is 0 Å². The lowest BCUT2D eigenvalue weighted by molar-refractivity contribution is 0.601. The molecule has 0 fully saturated rings. The summed E-state index contributed by atoms with van der Waals surface area (Å²) in [5, 5.41) is 2.06. The van der Waals surface area contributed by atoms with E-state index in [1.807, 2.05) is 36.7 Å². The molecular formula is C15H15N3S. The number of thiophene rings is 1. The van der Waals surface area contributed by atoms with Crippen LogP contribution in [-0.4, -0.2) is 16.1 Å². The summed E-state index contributed by atoms with van der Waals surface area (Å²) in [7, 11) is 0. The van der Waals surface area contributed by atoms with Crippen LogP contribution >= 0.6 is 11.3 Å². The van der Waals surface area contributed by atoms with Crippen LogP contribution in [0.1, 0.15) is 11.6 Å². The van der Waals surface area contributed by atoms with Gasteiger partial charge in [0, 0.05) is 18.9 Å². The van der Waals surface area contributed by atoms with E-state index in [2.05, 4.69) is 33.1 Å². The maximum absolute atomic E-state index is 5.97. The predicted octanol–water partition coefficient (Wildman–Crippen LogP) is 3.16. The molecule has 4 heteroatoms. The minimum absolute atomic E-state index is 0.126. The molecule has 96 valence electrons. The fourth-order valence-corrected chi connectivity index (χ4v) is 2.97. The molecule has 1 unspecified atom stereocenters. The van der Waals surface area contributed by atoms with Crippen molar-refractivity contribution in [3.05, 3.63) is 65.8 Å². The van der Waals surface area contributed by atoms with Gasteiger partial charge in [-0.2, -0.15) is 0 Å². The zero-order valence-electron chi connectivity index (χ0n) is 10.4. The van der Waals surface area contributed by atoms with E-state index in [-0.39, 0.29) is 6.04 Å². The third-order valence-corrected chi connectivity index (χ3v) is 4.02. The molecule has 3 nitrogen and oxygen atoms in total. The normalized spacial score (nSPS) is 12.5.